The number of ether oxygens (including phenoxy) is 1. The van der Waals surface area contributed by atoms with Crippen LogP contribution in [0.15, 0.2) is 25.0 Å². The first-order valence-electron chi connectivity index (χ1n) is 3.83. The molecule has 0 fully saturated rings. The molecule has 0 aliphatic rings. The molecule has 0 atom stereocenters. The maximum absolute atomic E-state index is 9.85. The van der Waals surface area contributed by atoms with Gasteiger partial charge in [0.15, 0.2) is 0 Å². The van der Waals surface area contributed by atoms with E-state index >= 15 is 0 Å². The van der Waals surface area contributed by atoms with Crippen molar-refractivity contribution >= 4 is 12.4 Å². The van der Waals surface area contributed by atoms with E-state index in [9.17, 15) is 9.90 Å². The second-order valence-electron chi connectivity index (χ2n) is 2.34. The lowest BCUT2D eigenvalue weighted by atomic mass is 10.7. The highest BCUT2D eigenvalue weighted by molar-refractivity contribution is 5.55. The number of hydrogen-bond donors (Lipinski definition) is 0. The van der Waals surface area contributed by atoms with Crippen molar-refractivity contribution in [2.24, 2.45) is 0 Å². The summed E-state index contributed by atoms with van der Waals surface area (Å²) in [4.78, 5) is 9.85. The Bertz CT molecular complexity index is 317. The van der Waals surface area contributed by atoms with Crippen molar-refractivity contribution in [1.82, 2.24) is 4.57 Å². The van der Waals surface area contributed by atoms with Crippen molar-refractivity contribution in [2.45, 2.75) is 13.5 Å². The summed E-state index contributed by atoms with van der Waals surface area (Å²) in [6.45, 7) is 2.87. The molecule has 13 heavy (non-hydrogen) atoms. The molecule has 0 spiro atoms. The fourth-order valence-corrected chi connectivity index (χ4v) is 0.842. The average Bonchev–Trinajstić information content (AvgIpc) is 2.52. The molecule has 5 nitrogen and oxygen atoms in total. The molecule has 70 valence electrons. The number of carbonyl (C=O) groups is 1. The second kappa shape index (κ2) is 4.30. The van der Waals surface area contributed by atoms with E-state index in [0.29, 0.717) is 0 Å². The second-order valence-corrected chi connectivity index (χ2v) is 2.34. The summed E-state index contributed by atoms with van der Waals surface area (Å²) >= 11 is 0. The van der Waals surface area contributed by atoms with Gasteiger partial charge in [-0.1, -0.05) is 0 Å². The zero-order chi connectivity index (χ0) is 9.68. The molecule has 5 heteroatoms. The third-order valence-corrected chi connectivity index (χ3v) is 1.47. The molecule has 0 unspecified atom stereocenters. The van der Waals surface area contributed by atoms with Gasteiger partial charge in [0.1, 0.15) is 18.6 Å². The molecule has 0 aromatic carbocycles. The number of rotatable bonds is 3. The van der Waals surface area contributed by atoms with Gasteiger partial charge in [-0.25, -0.2) is 9.13 Å². The molecule has 0 amide bonds. The van der Waals surface area contributed by atoms with Crippen LogP contribution >= 0.6 is 0 Å². The Kier molecular flexibility index (Phi) is 3.08. The van der Waals surface area contributed by atoms with E-state index in [4.69, 9.17) is 0 Å². The van der Waals surface area contributed by atoms with Crippen molar-refractivity contribution in [3.8, 4) is 0 Å². The maximum Gasteiger partial charge on any atom is 0.256 e. The molecule has 1 aromatic heterocycles. The molecule has 1 rings (SSSR count). The van der Waals surface area contributed by atoms with Gasteiger partial charge in [-0.2, -0.15) is 0 Å². The van der Waals surface area contributed by atoms with Crippen molar-refractivity contribution in [2.75, 3.05) is 0 Å². The summed E-state index contributed by atoms with van der Waals surface area (Å²) in [5.41, 5.74) is 0. The van der Waals surface area contributed by atoms with Gasteiger partial charge in [-0.15, -0.1) is 0 Å². The van der Waals surface area contributed by atoms with Crippen LogP contribution in [0, 0.1) is 0 Å². The van der Waals surface area contributed by atoms with Crippen LogP contribution in [-0.2, 0) is 11.3 Å². The number of hydrogen-bond acceptors (Lipinski definition) is 3. The molecule has 0 saturated heterocycles. The van der Waals surface area contributed by atoms with Crippen LogP contribution in [0.1, 0.15) is 6.92 Å². The molecular weight excluding hydrogens is 172 g/mol. The fourth-order valence-electron chi connectivity index (χ4n) is 0.842. The van der Waals surface area contributed by atoms with E-state index in [0.717, 1.165) is 12.8 Å². The van der Waals surface area contributed by atoms with Crippen molar-refractivity contribution < 1.29 is 19.2 Å². The van der Waals surface area contributed by atoms with Crippen molar-refractivity contribution in [3.05, 3.63) is 25.0 Å². The van der Waals surface area contributed by atoms with Gasteiger partial charge in [0.05, 0.1) is 12.8 Å². The average molecular weight is 182 g/mol. The molecule has 0 N–H and O–H groups in total. The number of aryl methyl sites for hydroxylation is 1. The highest BCUT2D eigenvalue weighted by Gasteiger charge is 1.95. The molecule has 0 aliphatic heterocycles. The maximum atomic E-state index is 9.85. The van der Waals surface area contributed by atoms with Crippen molar-refractivity contribution in [3.63, 3.8) is 0 Å². The molecular formula is C8H10N2O3. The third kappa shape index (κ3) is 2.98. The standard InChI is InChI=1S/C8H10N2O3/c1-2-9-3-4-10(7-9)5-6-13-8(11)12/h3-7H,2H2,1H3/b6-5+. The van der Waals surface area contributed by atoms with E-state index in [1.54, 1.807) is 17.1 Å². The van der Waals surface area contributed by atoms with Crippen LogP contribution in [0.2, 0.25) is 0 Å². The minimum absolute atomic E-state index is 0.863. The summed E-state index contributed by atoms with van der Waals surface area (Å²) in [6, 6.07) is 0. The van der Waals surface area contributed by atoms with Crippen LogP contribution < -0.4 is 9.67 Å². The fraction of sp³-hybridized carbons (Fsp3) is 0.250. The van der Waals surface area contributed by atoms with Crippen LogP contribution in [0.25, 0.3) is 6.20 Å². The highest BCUT2D eigenvalue weighted by Crippen LogP contribution is 1.86. The van der Waals surface area contributed by atoms with E-state index in [-0.39, 0.29) is 0 Å². The van der Waals surface area contributed by atoms with Gasteiger partial charge >= 0.3 is 0 Å². The van der Waals surface area contributed by atoms with E-state index in [1.807, 2.05) is 17.7 Å². The first kappa shape index (κ1) is 9.31. The Labute approximate surface area is 75.5 Å². The predicted octanol–water partition coefficient (Wildman–Crippen LogP) is -0.416. The van der Waals surface area contributed by atoms with E-state index in [1.165, 1.54) is 6.20 Å². The molecule has 0 saturated carbocycles. The normalized spacial score (nSPS) is 10.5. The Morgan fingerprint density at radius 3 is 3.08 bits per heavy atom. The summed E-state index contributed by atoms with van der Waals surface area (Å²) in [6.07, 6.45) is 6.40. The predicted molar refractivity (Wildman–Crippen MR) is 42.1 cm³/mol. The number of carboxylic acid groups (broad SMARTS) is 1. The minimum atomic E-state index is -1.56. The molecule has 1 heterocycles. The van der Waals surface area contributed by atoms with Crippen LogP contribution in [-0.4, -0.2) is 10.7 Å². The number of imidazole rings is 1. The van der Waals surface area contributed by atoms with Crippen LogP contribution in [0.5, 0.6) is 0 Å². The Hall–Kier alpha value is -1.78. The number of nitrogens with zero attached hydrogens (tertiary/aromatic N) is 2. The number of aromatic nitrogens is 2. The summed E-state index contributed by atoms with van der Waals surface area (Å²) in [7, 11) is 0. The third-order valence-electron chi connectivity index (χ3n) is 1.47. The smallest absolute Gasteiger partial charge is 0.256 e. The van der Waals surface area contributed by atoms with E-state index in [2.05, 4.69) is 4.74 Å². The zero-order valence-corrected chi connectivity index (χ0v) is 7.21. The van der Waals surface area contributed by atoms with E-state index < -0.39 is 6.16 Å². The van der Waals surface area contributed by atoms with Gasteiger partial charge in [0, 0.05) is 0 Å². The first-order valence-corrected chi connectivity index (χ1v) is 3.83. The Morgan fingerprint density at radius 2 is 2.54 bits per heavy atom. The summed E-state index contributed by atoms with van der Waals surface area (Å²) in [5, 5.41) is 9.85. The van der Waals surface area contributed by atoms with Crippen LogP contribution in [0.3, 0.4) is 0 Å². The SMILES string of the molecule is CC[n+]1ccn(/C=C/OC(=O)[O-])c1. The van der Waals surface area contributed by atoms with Gasteiger partial charge in [-0.3, -0.25) is 0 Å². The van der Waals surface area contributed by atoms with Gasteiger partial charge < -0.3 is 14.6 Å². The highest BCUT2D eigenvalue weighted by atomic mass is 16.7. The van der Waals surface area contributed by atoms with Gasteiger partial charge in [-0.05, 0) is 6.92 Å². The lowest BCUT2D eigenvalue weighted by Gasteiger charge is -1.96. The quantitative estimate of drug-likeness (QED) is 0.362. The van der Waals surface area contributed by atoms with Crippen LogP contribution in [0.4, 0.5) is 4.79 Å². The summed E-state index contributed by atoms with van der Waals surface area (Å²) < 4.78 is 7.69. The topological polar surface area (TPSA) is 58.2 Å². The Morgan fingerprint density at radius 1 is 1.77 bits per heavy atom. The van der Waals surface area contributed by atoms with Gasteiger partial charge in [0.25, 0.3) is 6.16 Å². The monoisotopic (exact) mass is 182 g/mol. The molecule has 0 aliphatic carbocycles. The minimum Gasteiger partial charge on any atom is -0.518 e. The molecule has 0 bridgehead atoms. The first-order chi connectivity index (χ1) is 6.22. The lowest BCUT2D eigenvalue weighted by molar-refractivity contribution is -0.692. The van der Waals surface area contributed by atoms with Crippen molar-refractivity contribution in [1.29, 1.82) is 0 Å². The molecule has 1 aromatic rings. The Balaban J connectivity index is 2.53. The lowest BCUT2D eigenvalue weighted by Crippen LogP contribution is -2.28. The zero-order valence-electron chi connectivity index (χ0n) is 7.21. The summed E-state index contributed by atoms with van der Waals surface area (Å²) in [5.74, 6) is 0. The number of carbonyl (C=O) groups excluding carboxylic acids is 1. The largest absolute Gasteiger partial charge is 0.518 e. The molecule has 0 radical (unpaired) electrons. The van der Waals surface area contributed by atoms with Gasteiger partial charge in [0.2, 0.25) is 6.33 Å².